The summed E-state index contributed by atoms with van der Waals surface area (Å²) >= 11 is 0. The summed E-state index contributed by atoms with van der Waals surface area (Å²) in [6, 6.07) is 4.14. The van der Waals surface area contributed by atoms with E-state index in [0.717, 1.165) is 37.8 Å². The molecular formula is C14H18N4O. The van der Waals surface area contributed by atoms with Crippen LogP contribution in [0.5, 0.6) is 0 Å². The van der Waals surface area contributed by atoms with Gasteiger partial charge in [-0.05, 0) is 44.0 Å². The van der Waals surface area contributed by atoms with Gasteiger partial charge in [-0.25, -0.2) is 0 Å². The number of rotatable bonds is 3. The van der Waals surface area contributed by atoms with Crippen LogP contribution >= 0.6 is 0 Å². The summed E-state index contributed by atoms with van der Waals surface area (Å²) in [6.45, 7) is 4.95. The van der Waals surface area contributed by atoms with E-state index in [2.05, 4.69) is 32.2 Å². The van der Waals surface area contributed by atoms with Crippen molar-refractivity contribution in [2.45, 2.75) is 32.2 Å². The van der Waals surface area contributed by atoms with Gasteiger partial charge in [-0.2, -0.15) is 4.98 Å². The molecule has 1 atom stereocenters. The van der Waals surface area contributed by atoms with Crippen LogP contribution in [-0.2, 0) is 6.54 Å². The summed E-state index contributed by atoms with van der Waals surface area (Å²) in [4.78, 5) is 10.9. The minimum Gasteiger partial charge on any atom is -0.339 e. The molecule has 1 aliphatic heterocycles. The number of hydrogen-bond acceptors (Lipinski definition) is 5. The lowest BCUT2D eigenvalue weighted by Crippen LogP contribution is -2.34. The Morgan fingerprint density at radius 3 is 2.95 bits per heavy atom. The molecule has 3 rings (SSSR count). The molecular weight excluding hydrogens is 240 g/mol. The van der Waals surface area contributed by atoms with Gasteiger partial charge in [-0.1, -0.05) is 5.16 Å². The normalized spacial score (nSPS) is 20.6. The van der Waals surface area contributed by atoms with Crippen LogP contribution in [0.2, 0.25) is 0 Å². The van der Waals surface area contributed by atoms with Gasteiger partial charge in [0.1, 0.15) is 0 Å². The summed E-state index contributed by atoms with van der Waals surface area (Å²) < 4.78 is 5.30. The van der Waals surface area contributed by atoms with Crippen LogP contribution in [-0.4, -0.2) is 33.1 Å². The Kier molecular flexibility index (Phi) is 3.55. The molecule has 1 aliphatic rings. The highest BCUT2D eigenvalue weighted by Crippen LogP contribution is 2.26. The third-order valence-electron chi connectivity index (χ3n) is 3.55. The zero-order chi connectivity index (χ0) is 13.1. The molecule has 5 heteroatoms. The SMILES string of the molecule is Cc1noc(C2CCCN(Cc3ccncc3)C2)n1. The van der Waals surface area contributed by atoms with E-state index in [4.69, 9.17) is 4.52 Å². The maximum absolute atomic E-state index is 5.30. The number of aromatic nitrogens is 3. The van der Waals surface area contributed by atoms with Crippen LogP contribution in [0.3, 0.4) is 0 Å². The maximum Gasteiger partial charge on any atom is 0.231 e. The van der Waals surface area contributed by atoms with Crippen LogP contribution in [0.25, 0.3) is 0 Å². The number of likely N-dealkylation sites (tertiary alicyclic amines) is 1. The molecule has 2 aromatic heterocycles. The third kappa shape index (κ3) is 2.98. The van der Waals surface area contributed by atoms with Gasteiger partial charge >= 0.3 is 0 Å². The minimum atomic E-state index is 0.372. The summed E-state index contributed by atoms with van der Waals surface area (Å²) in [6.07, 6.45) is 6.00. The first-order valence-corrected chi connectivity index (χ1v) is 6.73. The highest BCUT2D eigenvalue weighted by molar-refractivity contribution is 5.10. The third-order valence-corrected chi connectivity index (χ3v) is 3.55. The van der Waals surface area contributed by atoms with E-state index < -0.39 is 0 Å². The van der Waals surface area contributed by atoms with Gasteiger partial charge in [0.05, 0.1) is 5.92 Å². The summed E-state index contributed by atoms with van der Waals surface area (Å²) in [5.41, 5.74) is 1.30. The quantitative estimate of drug-likeness (QED) is 0.844. The molecule has 0 saturated carbocycles. The predicted molar refractivity (Wildman–Crippen MR) is 70.5 cm³/mol. The van der Waals surface area contributed by atoms with Crippen LogP contribution in [0, 0.1) is 6.92 Å². The predicted octanol–water partition coefficient (Wildman–Crippen LogP) is 2.15. The van der Waals surface area contributed by atoms with E-state index >= 15 is 0 Å². The molecule has 0 radical (unpaired) electrons. The highest BCUT2D eigenvalue weighted by Gasteiger charge is 2.25. The Labute approximate surface area is 112 Å². The largest absolute Gasteiger partial charge is 0.339 e. The molecule has 0 aromatic carbocycles. The first-order valence-electron chi connectivity index (χ1n) is 6.73. The van der Waals surface area contributed by atoms with E-state index in [1.165, 1.54) is 12.0 Å². The number of piperidine rings is 1. The van der Waals surface area contributed by atoms with Gasteiger partial charge in [0, 0.05) is 25.5 Å². The Morgan fingerprint density at radius 2 is 2.21 bits per heavy atom. The number of hydrogen-bond donors (Lipinski definition) is 0. The van der Waals surface area contributed by atoms with Crippen molar-refractivity contribution in [2.75, 3.05) is 13.1 Å². The Balaban J connectivity index is 1.65. The molecule has 0 N–H and O–H groups in total. The Bertz CT molecular complexity index is 525. The van der Waals surface area contributed by atoms with E-state index in [1.807, 2.05) is 19.3 Å². The highest BCUT2D eigenvalue weighted by atomic mass is 16.5. The van der Waals surface area contributed by atoms with E-state index in [1.54, 1.807) is 0 Å². The van der Waals surface area contributed by atoms with Crippen LogP contribution in [0.15, 0.2) is 29.0 Å². The number of aryl methyl sites for hydroxylation is 1. The summed E-state index contributed by atoms with van der Waals surface area (Å²) in [5, 5.41) is 3.89. The number of nitrogens with zero attached hydrogens (tertiary/aromatic N) is 4. The van der Waals surface area contributed by atoms with Crippen molar-refractivity contribution in [3.63, 3.8) is 0 Å². The fourth-order valence-electron chi connectivity index (χ4n) is 2.63. The van der Waals surface area contributed by atoms with Crippen LogP contribution < -0.4 is 0 Å². The van der Waals surface area contributed by atoms with Gasteiger partial charge in [0.15, 0.2) is 5.82 Å². The Hall–Kier alpha value is -1.75. The smallest absolute Gasteiger partial charge is 0.231 e. The lowest BCUT2D eigenvalue weighted by atomic mass is 9.97. The molecule has 1 saturated heterocycles. The molecule has 5 nitrogen and oxygen atoms in total. The molecule has 0 aliphatic carbocycles. The monoisotopic (exact) mass is 258 g/mol. The van der Waals surface area contributed by atoms with Crippen LogP contribution in [0.1, 0.15) is 36.0 Å². The molecule has 100 valence electrons. The van der Waals surface area contributed by atoms with E-state index in [9.17, 15) is 0 Å². The van der Waals surface area contributed by atoms with Gasteiger partial charge in [0.2, 0.25) is 5.89 Å². The average Bonchev–Trinajstić information content (AvgIpc) is 2.87. The summed E-state index contributed by atoms with van der Waals surface area (Å²) in [7, 11) is 0. The van der Waals surface area contributed by atoms with Crippen molar-refractivity contribution in [2.24, 2.45) is 0 Å². The van der Waals surface area contributed by atoms with Gasteiger partial charge in [0.25, 0.3) is 0 Å². The molecule has 0 spiro atoms. The zero-order valence-corrected chi connectivity index (χ0v) is 11.1. The molecule has 19 heavy (non-hydrogen) atoms. The standard InChI is InChI=1S/C14H18N4O/c1-11-16-14(19-17-11)13-3-2-8-18(10-13)9-12-4-6-15-7-5-12/h4-7,13H,2-3,8-10H2,1H3. The minimum absolute atomic E-state index is 0.372. The summed E-state index contributed by atoms with van der Waals surface area (Å²) in [5.74, 6) is 1.88. The fraction of sp³-hybridized carbons (Fsp3) is 0.500. The fourth-order valence-corrected chi connectivity index (χ4v) is 2.63. The first-order chi connectivity index (χ1) is 9.31. The van der Waals surface area contributed by atoms with Crippen molar-refractivity contribution in [1.82, 2.24) is 20.0 Å². The van der Waals surface area contributed by atoms with Gasteiger partial charge < -0.3 is 4.52 Å². The van der Waals surface area contributed by atoms with Crippen molar-refractivity contribution < 1.29 is 4.52 Å². The van der Waals surface area contributed by atoms with Crippen LogP contribution in [0.4, 0.5) is 0 Å². The second-order valence-corrected chi connectivity index (χ2v) is 5.11. The number of pyridine rings is 1. The van der Waals surface area contributed by atoms with Gasteiger partial charge in [-0.15, -0.1) is 0 Å². The average molecular weight is 258 g/mol. The molecule has 2 aromatic rings. The van der Waals surface area contributed by atoms with Crippen molar-refractivity contribution in [1.29, 1.82) is 0 Å². The van der Waals surface area contributed by atoms with Crippen molar-refractivity contribution in [3.8, 4) is 0 Å². The molecule has 1 unspecified atom stereocenters. The zero-order valence-electron chi connectivity index (χ0n) is 11.1. The lowest BCUT2D eigenvalue weighted by molar-refractivity contribution is 0.180. The Morgan fingerprint density at radius 1 is 1.37 bits per heavy atom. The molecule has 0 bridgehead atoms. The molecule has 3 heterocycles. The van der Waals surface area contributed by atoms with E-state index in [0.29, 0.717) is 5.92 Å². The molecule has 1 fully saturated rings. The second-order valence-electron chi connectivity index (χ2n) is 5.11. The maximum atomic E-state index is 5.30. The lowest BCUT2D eigenvalue weighted by Gasteiger charge is -2.30. The topological polar surface area (TPSA) is 55.1 Å². The second kappa shape index (κ2) is 5.48. The van der Waals surface area contributed by atoms with Crippen molar-refractivity contribution >= 4 is 0 Å². The van der Waals surface area contributed by atoms with Gasteiger partial charge in [-0.3, -0.25) is 9.88 Å². The van der Waals surface area contributed by atoms with E-state index in [-0.39, 0.29) is 0 Å². The van der Waals surface area contributed by atoms with Crippen molar-refractivity contribution in [3.05, 3.63) is 41.8 Å². The molecule has 0 amide bonds. The first kappa shape index (κ1) is 12.3.